The van der Waals surface area contributed by atoms with E-state index in [1.807, 2.05) is 26.8 Å². The van der Waals surface area contributed by atoms with Crippen LogP contribution < -0.4 is 10.6 Å². The van der Waals surface area contributed by atoms with Crippen LogP contribution in [0.15, 0.2) is 12.4 Å². The first-order chi connectivity index (χ1) is 19.0. The molecule has 13 heteroatoms. The van der Waals surface area contributed by atoms with Crippen molar-refractivity contribution in [1.29, 1.82) is 5.26 Å². The molecule has 0 aliphatic carbocycles. The smallest absolute Gasteiger partial charge is 0.340 e. The van der Waals surface area contributed by atoms with Gasteiger partial charge in [-0.25, -0.2) is 0 Å². The zero-order chi connectivity index (χ0) is 31.5. The Morgan fingerprint density at radius 2 is 1.88 bits per heavy atom. The fourth-order valence-electron chi connectivity index (χ4n) is 3.76. The predicted octanol–water partition coefficient (Wildman–Crippen LogP) is 3.48. The summed E-state index contributed by atoms with van der Waals surface area (Å²) in [5.41, 5.74) is 1.88. The van der Waals surface area contributed by atoms with Crippen LogP contribution in [0.3, 0.4) is 0 Å². The summed E-state index contributed by atoms with van der Waals surface area (Å²) in [7, 11) is 1.78. The summed E-state index contributed by atoms with van der Waals surface area (Å²) >= 11 is 0. The van der Waals surface area contributed by atoms with Crippen LogP contribution in [0.1, 0.15) is 65.8 Å². The average Bonchev–Trinajstić information content (AvgIpc) is 3.34. The van der Waals surface area contributed by atoms with Gasteiger partial charge in [0.2, 0.25) is 12.3 Å². The summed E-state index contributed by atoms with van der Waals surface area (Å²) in [5.74, 6) is 4.23. The van der Waals surface area contributed by atoms with Gasteiger partial charge in [0.15, 0.2) is 0 Å². The van der Waals surface area contributed by atoms with Gasteiger partial charge < -0.3 is 15.5 Å². The highest BCUT2D eigenvalue weighted by Gasteiger charge is 2.41. The van der Waals surface area contributed by atoms with E-state index in [9.17, 15) is 27.6 Å². The zero-order valence-corrected chi connectivity index (χ0v) is 24.7. The highest BCUT2D eigenvalue weighted by atomic mass is 19.4. The molecule has 3 heterocycles. The van der Waals surface area contributed by atoms with E-state index in [1.165, 1.54) is 4.90 Å². The fraction of sp³-hybridized carbons (Fsp3) is 0.571. The van der Waals surface area contributed by atoms with Crippen molar-refractivity contribution >= 4 is 29.1 Å². The Labute approximate surface area is 238 Å². The van der Waals surface area contributed by atoms with E-state index < -0.39 is 30.6 Å². The summed E-state index contributed by atoms with van der Waals surface area (Å²) in [4.78, 5) is 38.4. The maximum absolute atomic E-state index is 11.9. The van der Waals surface area contributed by atoms with Crippen LogP contribution in [-0.2, 0) is 21.4 Å². The number of amides is 3. The third kappa shape index (κ3) is 10.1. The summed E-state index contributed by atoms with van der Waals surface area (Å²) in [6.07, 6.45) is -1.25. The molecule has 0 aromatic carbocycles. The summed E-state index contributed by atoms with van der Waals surface area (Å²) in [6.45, 7) is 14.6. The molecule has 0 saturated carbocycles. The number of hydrogen-bond donors (Lipinski definition) is 2. The zero-order valence-electron chi connectivity index (χ0n) is 24.7. The second kappa shape index (κ2) is 15.0. The number of halogens is 3. The molecule has 2 N–H and O–H groups in total. The van der Waals surface area contributed by atoms with Crippen molar-refractivity contribution in [2.45, 2.75) is 60.7 Å². The first-order valence-corrected chi connectivity index (χ1v) is 13.0. The summed E-state index contributed by atoms with van der Waals surface area (Å²) < 4.78 is 37.4. The Morgan fingerprint density at radius 1 is 1.27 bits per heavy atom. The maximum atomic E-state index is 11.9. The van der Waals surface area contributed by atoms with E-state index in [1.54, 1.807) is 36.4 Å². The van der Waals surface area contributed by atoms with E-state index in [4.69, 9.17) is 5.26 Å². The lowest BCUT2D eigenvalue weighted by molar-refractivity contribution is -0.174. The topological polar surface area (TPSA) is 133 Å². The van der Waals surface area contributed by atoms with Gasteiger partial charge in [-0.05, 0) is 30.1 Å². The Kier molecular flexibility index (Phi) is 12.8. The quantitative estimate of drug-likeness (QED) is 0.413. The number of hydrogen-bond acceptors (Lipinski definition) is 6. The van der Waals surface area contributed by atoms with Crippen molar-refractivity contribution in [3.05, 3.63) is 23.7 Å². The molecule has 0 radical (unpaired) electrons. The monoisotopic (exact) mass is 577 g/mol. The van der Waals surface area contributed by atoms with Gasteiger partial charge in [0.25, 0.3) is 0 Å². The number of carbonyl (C=O) groups is 3. The number of likely N-dealkylation sites (tertiary alicyclic amines) is 1. The van der Waals surface area contributed by atoms with Crippen LogP contribution in [0.4, 0.5) is 13.2 Å². The Morgan fingerprint density at radius 3 is 2.34 bits per heavy atom. The normalized spacial score (nSPS) is 16.2. The molecule has 1 saturated heterocycles. The molecule has 0 spiro atoms. The fourth-order valence-corrected chi connectivity index (χ4v) is 3.76. The number of fused-ring (bicyclic) bond motifs is 1. The summed E-state index contributed by atoms with van der Waals surface area (Å²) in [6, 6.07) is 1.25. The maximum Gasteiger partial charge on any atom is 0.471 e. The number of alkyl halides is 3. The first kappa shape index (κ1) is 34.9. The predicted molar refractivity (Wildman–Crippen MR) is 148 cm³/mol. The van der Waals surface area contributed by atoms with Crippen molar-refractivity contribution in [3.63, 3.8) is 0 Å². The number of rotatable bonds is 5. The van der Waals surface area contributed by atoms with Crippen LogP contribution in [0.25, 0.3) is 10.9 Å². The second-order valence-electron chi connectivity index (χ2n) is 10.9. The number of aromatic nitrogens is 3. The number of carbonyl (C=O) groups excluding carboxylic acids is 3. The van der Waals surface area contributed by atoms with Gasteiger partial charge in [-0.15, -0.1) is 0 Å². The van der Waals surface area contributed by atoms with Crippen molar-refractivity contribution in [3.8, 4) is 17.9 Å². The second-order valence-corrected chi connectivity index (χ2v) is 10.9. The first-order valence-electron chi connectivity index (χ1n) is 13.0. The molecule has 10 nitrogen and oxygen atoms in total. The highest BCUT2D eigenvalue weighted by Crippen LogP contribution is 2.34. The van der Waals surface area contributed by atoms with Crippen LogP contribution in [0.2, 0.25) is 0 Å². The Bertz CT molecular complexity index is 1310. The standard InChI is InChI=1S/C13H11N5O.C11H17F3N2O2.C4H10/c1-3-4-10-13-9(11(5-14)16-8-19)6-15-7-12(13)18(2)17-10;1-7-5-16(6-10(7,2)3)8(17)4-15-9(18)11(12,13)14;1-4(2)3/h6-8,11H,1-2H3,(H,16,19);7H,4-6H2,1-3H3,(H,15,18);4H,1-3H3/t;7-;/m.0./s1. The molecule has 3 amide bonds. The molecule has 1 fully saturated rings. The van der Waals surface area contributed by atoms with Gasteiger partial charge in [0.1, 0.15) is 11.7 Å². The molecule has 1 aliphatic heterocycles. The van der Waals surface area contributed by atoms with Crippen molar-refractivity contribution < 1.29 is 27.6 Å². The van der Waals surface area contributed by atoms with E-state index in [2.05, 4.69) is 48.0 Å². The number of aryl methyl sites for hydroxylation is 1. The highest BCUT2D eigenvalue weighted by molar-refractivity contribution is 5.88. The van der Waals surface area contributed by atoms with Gasteiger partial charge in [0, 0.05) is 37.3 Å². The van der Waals surface area contributed by atoms with E-state index >= 15 is 0 Å². The Hall–Kier alpha value is -4.13. The molecule has 1 unspecified atom stereocenters. The van der Waals surface area contributed by atoms with Gasteiger partial charge in [0.05, 0.1) is 24.3 Å². The molecule has 41 heavy (non-hydrogen) atoms. The molecular formula is C28H38F3N7O3. The van der Waals surface area contributed by atoms with Crippen molar-refractivity contribution in [1.82, 2.24) is 30.3 Å². The molecule has 2 aromatic rings. The molecule has 224 valence electrons. The molecule has 2 atom stereocenters. The Balaban J connectivity index is 0.000000363. The number of nitriles is 1. The number of pyridine rings is 1. The van der Waals surface area contributed by atoms with Crippen molar-refractivity contribution in [2.24, 2.45) is 24.3 Å². The van der Waals surface area contributed by atoms with Crippen LogP contribution in [0.5, 0.6) is 0 Å². The molecule has 0 bridgehead atoms. The number of nitrogens with zero attached hydrogens (tertiary/aromatic N) is 5. The van der Waals surface area contributed by atoms with Crippen LogP contribution in [0, 0.1) is 40.4 Å². The lowest BCUT2D eigenvalue weighted by atomic mass is 9.84. The van der Waals surface area contributed by atoms with E-state index in [0.717, 1.165) is 16.8 Å². The third-order valence-electron chi connectivity index (χ3n) is 6.15. The minimum atomic E-state index is -4.95. The summed E-state index contributed by atoms with van der Waals surface area (Å²) in [5, 5.41) is 18.2. The third-order valence-corrected chi connectivity index (χ3v) is 6.15. The van der Waals surface area contributed by atoms with Gasteiger partial charge in [-0.3, -0.25) is 24.0 Å². The lowest BCUT2D eigenvalue weighted by Gasteiger charge is -2.22. The van der Waals surface area contributed by atoms with Gasteiger partial charge in [-0.2, -0.15) is 23.5 Å². The average molecular weight is 578 g/mol. The molecule has 1 aliphatic rings. The van der Waals surface area contributed by atoms with Crippen LogP contribution in [-0.4, -0.2) is 63.7 Å². The van der Waals surface area contributed by atoms with E-state index in [0.29, 0.717) is 30.8 Å². The van der Waals surface area contributed by atoms with Gasteiger partial charge in [-0.1, -0.05) is 47.5 Å². The van der Waals surface area contributed by atoms with Gasteiger partial charge >= 0.3 is 12.1 Å². The largest absolute Gasteiger partial charge is 0.471 e. The number of nitrogens with one attached hydrogen (secondary N) is 2. The minimum Gasteiger partial charge on any atom is -0.340 e. The van der Waals surface area contributed by atoms with Crippen molar-refractivity contribution in [2.75, 3.05) is 19.6 Å². The van der Waals surface area contributed by atoms with Crippen LogP contribution >= 0.6 is 0 Å². The molecule has 3 rings (SSSR count). The SMILES string of the molecule is CC#Cc1nn(C)c2cncc(C(C#N)NC=O)c12.CC(C)C.C[C@H]1CN(C(=O)CNC(=O)C(F)(F)F)CC1(C)C. The minimum absolute atomic E-state index is 0.0519. The van der Waals surface area contributed by atoms with E-state index in [-0.39, 0.29) is 11.3 Å². The molecule has 2 aromatic heterocycles. The molecular weight excluding hydrogens is 539 g/mol. The lowest BCUT2D eigenvalue weighted by Crippen LogP contribution is -2.44.